The number of halogens is 2. The van der Waals surface area contributed by atoms with E-state index in [4.69, 9.17) is 17.3 Å². The molecule has 0 fully saturated rings. The largest absolute Gasteiger partial charge is 0.350 e. The maximum Gasteiger partial charge on any atom is 0.251 e. The maximum absolute atomic E-state index is 11.6. The van der Waals surface area contributed by atoms with E-state index in [0.29, 0.717) is 17.1 Å². The molecule has 1 aromatic carbocycles. The zero-order valence-electron chi connectivity index (χ0n) is 8.26. The van der Waals surface area contributed by atoms with Crippen molar-refractivity contribution in [1.82, 2.24) is 5.32 Å². The number of nitrogens with one attached hydrogen (secondary N) is 1. The first-order valence-corrected chi connectivity index (χ1v) is 5.95. The Hall–Kier alpha value is -0.330. The van der Waals surface area contributed by atoms with Gasteiger partial charge in [-0.15, -0.1) is 0 Å². The summed E-state index contributed by atoms with van der Waals surface area (Å²) < 4.78 is 0.929. The van der Waals surface area contributed by atoms with Crippen LogP contribution in [0, 0.1) is 3.57 Å². The lowest BCUT2D eigenvalue weighted by Gasteiger charge is -2.08. The molecule has 0 aliphatic rings. The Kier molecular flexibility index (Phi) is 4.82. The van der Waals surface area contributed by atoms with E-state index in [0.717, 1.165) is 3.57 Å². The summed E-state index contributed by atoms with van der Waals surface area (Å²) in [6, 6.07) is 5.15. The number of carbonyl (C=O) groups excluding carboxylic acids is 1. The molecule has 1 aromatic rings. The first-order chi connectivity index (χ1) is 7.00. The van der Waals surface area contributed by atoms with Crippen LogP contribution in [0.15, 0.2) is 18.2 Å². The van der Waals surface area contributed by atoms with Gasteiger partial charge in [0.1, 0.15) is 0 Å². The highest BCUT2D eigenvalue weighted by molar-refractivity contribution is 14.1. The second-order valence-electron chi connectivity index (χ2n) is 3.32. The first kappa shape index (κ1) is 12.7. The van der Waals surface area contributed by atoms with Crippen molar-refractivity contribution < 1.29 is 4.79 Å². The summed E-state index contributed by atoms with van der Waals surface area (Å²) in [5.74, 6) is -0.148. The van der Waals surface area contributed by atoms with Gasteiger partial charge < -0.3 is 11.1 Å². The van der Waals surface area contributed by atoms with Gasteiger partial charge in [-0.2, -0.15) is 0 Å². The minimum absolute atomic E-state index is 0.0479. The molecule has 1 unspecified atom stereocenters. The van der Waals surface area contributed by atoms with Crippen LogP contribution in [0.25, 0.3) is 0 Å². The summed E-state index contributed by atoms with van der Waals surface area (Å²) >= 11 is 8.02. The van der Waals surface area contributed by atoms with Gasteiger partial charge in [0.05, 0.1) is 5.02 Å². The molecule has 15 heavy (non-hydrogen) atoms. The van der Waals surface area contributed by atoms with Gasteiger partial charge in [-0.3, -0.25) is 4.79 Å². The van der Waals surface area contributed by atoms with Crippen molar-refractivity contribution in [1.29, 1.82) is 0 Å². The molecule has 0 aliphatic carbocycles. The molecule has 0 aromatic heterocycles. The third-order valence-electron chi connectivity index (χ3n) is 1.77. The fraction of sp³-hybridized carbons (Fsp3) is 0.300. The Morgan fingerprint density at radius 3 is 2.87 bits per heavy atom. The van der Waals surface area contributed by atoms with Crippen molar-refractivity contribution in [3.63, 3.8) is 0 Å². The Morgan fingerprint density at radius 2 is 2.33 bits per heavy atom. The number of hydrogen-bond acceptors (Lipinski definition) is 2. The molecule has 82 valence electrons. The highest BCUT2D eigenvalue weighted by Crippen LogP contribution is 2.19. The molecule has 1 atom stereocenters. The van der Waals surface area contributed by atoms with E-state index in [1.54, 1.807) is 12.1 Å². The lowest BCUT2D eigenvalue weighted by Crippen LogP contribution is -2.35. The van der Waals surface area contributed by atoms with Crippen molar-refractivity contribution >= 4 is 40.1 Å². The second kappa shape index (κ2) is 5.67. The van der Waals surface area contributed by atoms with E-state index in [2.05, 4.69) is 27.9 Å². The maximum atomic E-state index is 11.6. The van der Waals surface area contributed by atoms with Crippen LogP contribution in [0.4, 0.5) is 0 Å². The van der Waals surface area contributed by atoms with E-state index in [1.807, 2.05) is 13.0 Å². The minimum atomic E-state index is -0.148. The predicted molar refractivity (Wildman–Crippen MR) is 70.2 cm³/mol. The van der Waals surface area contributed by atoms with Gasteiger partial charge in [-0.1, -0.05) is 11.6 Å². The van der Waals surface area contributed by atoms with Crippen LogP contribution in [-0.2, 0) is 0 Å². The van der Waals surface area contributed by atoms with Crippen molar-refractivity contribution in [2.45, 2.75) is 13.0 Å². The molecule has 0 bridgehead atoms. The van der Waals surface area contributed by atoms with Gasteiger partial charge in [0.25, 0.3) is 5.91 Å². The van der Waals surface area contributed by atoms with Gasteiger partial charge in [-0.25, -0.2) is 0 Å². The number of amides is 1. The molecule has 0 spiro atoms. The van der Waals surface area contributed by atoms with Gasteiger partial charge >= 0.3 is 0 Å². The van der Waals surface area contributed by atoms with E-state index < -0.39 is 0 Å². The predicted octanol–water partition coefficient (Wildman–Crippen LogP) is 2.02. The Bertz CT molecular complexity index is 368. The van der Waals surface area contributed by atoms with Crippen molar-refractivity contribution in [3.05, 3.63) is 32.4 Å². The molecular formula is C10H12ClIN2O. The van der Waals surface area contributed by atoms with Gasteiger partial charge in [0.2, 0.25) is 0 Å². The summed E-state index contributed by atoms with van der Waals surface area (Å²) in [5, 5.41) is 3.31. The van der Waals surface area contributed by atoms with Gasteiger partial charge in [-0.05, 0) is 47.7 Å². The molecule has 0 heterocycles. The van der Waals surface area contributed by atoms with Gasteiger partial charge in [0.15, 0.2) is 0 Å². The van der Waals surface area contributed by atoms with Crippen molar-refractivity contribution in [3.8, 4) is 0 Å². The summed E-state index contributed by atoms with van der Waals surface area (Å²) in [6.45, 7) is 2.30. The fourth-order valence-electron chi connectivity index (χ4n) is 0.993. The Labute approximate surface area is 108 Å². The molecule has 0 radical (unpaired) electrons. The standard InChI is InChI=1S/C10H12ClIN2O/c1-6(13)5-14-10(15)7-2-3-9(12)8(11)4-7/h2-4,6H,5,13H2,1H3,(H,14,15). The summed E-state index contributed by atoms with van der Waals surface area (Å²) in [7, 11) is 0. The molecule has 0 saturated heterocycles. The SMILES string of the molecule is CC(N)CNC(=O)c1ccc(I)c(Cl)c1. The highest BCUT2D eigenvalue weighted by Gasteiger charge is 2.07. The van der Waals surface area contributed by atoms with E-state index >= 15 is 0 Å². The molecule has 1 amide bonds. The van der Waals surface area contributed by atoms with Crippen LogP contribution < -0.4 is 11.1 Å². The lowest BCUT2D eigenvalue weighted by atomic mass is 10.2. The average molecular weight is 339 g/mol. The second-order valence-corrected chi connectivity index (χ2v) is 4.89. The molecular weight excluding hydrogens is 326 g/mol. The fourth-order valence-corrected chi connectivity index (χ4v) is 1.51. The van der Waals surface area contributed by atoms with Gasteiger partial charge in [0, 0.05) is 21.7 Å². The number of hydrogen-bond donors (Lipinski definition) is 2. The van der Waals surface area contributed by atoms with Crippen LogP contribution in [0.1, 0.15) is 17.3 Å². The lowest BCUT2D eigenvalue weighted by molar-refractivity contribution is 0.0951. The summed E-state index contributed by atoms with van der Waals surface area (Å²) in [6.07, 6.45) is 0. The highest BCUT2D eigenvalue weighted by atomic mass is 127. The van der Waals surface area contributed by atoms with Crippen LogP contribution in [0.3, 0.4) is 0 Å². The zero-order valence-corrected chi connectivity index (χ0v) is 11.2. The molecule has 0 aliphatic heterocycles. The number of benzene rings is 1. The van der Waals surface area contributed by atoms with Crippen LogP contribution >= 0.6 is 34.2 Å². The third-order valence-corrected chi connectivity index (χ3v) is 3.34. The number of rotatable bonds is 3. The third kappa shape index (κ3) is 3.96. The van der Waals surface area contributed by atoms with E-state index in [1.165, 1.54) is 0 Å². The van der Waals surface area contributed by atoms with E-state index in [9.17, 15) is 4.79 Å². The topological polar surface area (TPSA) is 55.1 Å². The van der Waals surface area contributed by atoms with Crippen LogP contribution in [0.2, 0.25) is 5.02 Å². The quantitative estimate of drug-likeness (QED) is 0.829. The van der Waals surface area contributed by atoms with Crippen LogP contribution in [-0.4, -0.2) is 18.5 Å². The molecule has 0 saturated carbocycles. The summed E-state index contributed by atoms with van der Waals surface area (Å²) in [5.41, 5.74) is 6.09. The first-order valence-electron chi connectivity index (χ1n) is 4.49. The molecule has 5 heteroatoms. The van der Waals surface area contributed by atoms with Crippen LogP contribution in [0.5, 0.6) is 0 Å². The van der Waals surface area contributed by atoms with Crippen molar-refractivity contribution in [2.24, 2.45) is 5.73 Å². The molecule has 3 N–H and O–H groups in total. The number of carbonyl (C=O) groups is 1. The average Bonchev–Trinajstić information content (AvgIpc) is 2.18. The Morgan fingerprint density at radius 1 is 1.67 bits per heavy atom. The normalized spacial score (nSPS) is 12.3. The summed E-state index contributed by atoms with van der Waals surface area (Å²) in [4.78, 5) is 11.6. The minimum Gasteiger partial charge on any atom is -0.350 e. The van der Waals surface area contributed by atoms with Crippen molar-refractivity contribution in [2.75, 3.05) is 6.54 Å². The van der Waals surface area contributed by atoms with E-state index in [-0.39, 0.29) is 11.9 Å². The Balaban J connectivity index is 2.70. The zero-order chi connectivity index (χ0) is 11.4. The monoisotopic (exact) mass is 338 g/mol. The smallest absolute Gasteiger partial charge is 0.251 e. The number of nitrogens with two attached hydrogens (primary N) is 1. The molecule has 3 nitrogen and oxygen atoms in total. The molecule has 1 rings (SSSR count).